The van der Waals surface area contributed by atoms with E-state index >= 15 is 0 Å². The molecule has 33 heavy (non-hydrogen) atoms. The molecule has 0 radical (unpaired) electrons. The molecule has 0 saturated heterocycles. The van der Waals surface area contributed by atoms with Crippen molar-refractivity contribution in [2.45, 2.75) is 76.5 Å². The van der Waals surface area contributed by atoms with Gasteiger partial charge in [-0.2, -0.15) is 5.10 Å². The fourth-order valence-electron chi connectivity index (χ4n) is 4.65. The van der Waals surface area contributed by atoms with Gasteiger partial charge in [-0.15, -0.1) is 0 Å². The highest BCUT2D eigenvalue weighted by Crippen LogP contribution is 2.27. The molecule has 176 valence electrons. The quantitative estimate of drug-likeness (QED) is 0.676. The Morgan fingerprint density at radius 3 is 2.61 bits per heavy atom. The van der Waals surface area contributed by atoms with Crippen LogP contribution in [0, 0.1) is 0 Å². The maximum atomic E-state index is 13.1. The van der Waals surface area contributed by atoms with Gasteiger partial charge in [0, 0.05) is 25.2 Å². The molecular formula is C25H33N5O3. The lowest BCUT2D eigenvalue weighted by Gasteiger charge is -2.41. The number of aryl methyl sites for hydroxylation is 1. The molecule has 3 amide bonds. The van der Waals surface area contributed by atoms with Crippen LogP contribution in [0.4, 0.5) is 0 Å². The first kappa shape index (κ1) is 23.0. The van der Waals surface area contributed by atoms with Crippen molar-refractivity contribution in [1.82, 2.24) is 25.3 Å². The van der Waals surface area contributed by atoms with Crippen molar-refractivity contribution >= 4 is 17.7 Å². The van der Waals surface area contributed by atoms with Crippen molar-refractivity contribution in [2.24, 2.45) is 0 Å². The van der Waals surface area contributed by atoms with E-state index in [0.717, 1.165) is 38.5 Å². The van der Waals surface area contributed by atoms with E-state index in [1.165, 1.54) is 21.2 Å². The zero-order chi connectivity index (χ0) is 23.6. The van der Waals surface area contributed by atoms with Crippen LogP contribution in [0.2, 0.25) is 0 Å². The Hall–Kier alpha value is -3.16. The fraction of sp³-hybridized carbons (Fsp3) is 0.520. The smallest absolute Gasteiger partial charge is 0.272 e. The average molecular weight is 452 g/mol. The number of hydrogen-bond acceptors (Lipinski definition) is 4. The Morgan fingerprint density at radius 1 is 1.21 bits per heavy atom. The molecule has 1 fully saturated rings. The Bertz CT molecular complexity index is 1030. The third-order valence-corrected chi connectivity index (χ3v) is 7.00. The molecule has 0 unspecified atom stereocenters. The molecular weight excluding hydrogens is 418 g/mol. The largest absolute Gasteiger partial charge is 0.351 e. The lowest BCUT2D eigenvalue weighted by molar-refractivity contribution is -0.133. The second kappa shape index (κ2) is 9.37. The lowest BCUT2D eigenvalue weighted by Crippen LogP contribution is -2.63. The molecule has 1 aliphatic heterocycles. The number of benzene rings is 1. The molecule has 2 aromatic rings. The number of carbonyl (C=O) groups is 3. The molecule has 1 aromatic carbocycles. The Morgan fingerprint density at radius 2 is 1.91 bits per heavy atom. The van der Waals surface area contributed by atoms with E-state index in [-0.39, 0.29) is 42.0 Å². The maximum Gasteiger partial charge on any atom is 0.272 e. The summed E-state index contributed by atoms with van der Waals surface area (Å²) in [4.78, 5) is 40.4. The van der Waals surface area contributed by atoms with Crippen molar-refractivity contribution in [3.05, 3.63) is 53.3 Å². The van der Waals surface area contributed by atoms with Gasteiger partial charge in [-0.3, -0.25) is 19.1 Å². The van der Waals surface area contributed by atoms with Crippen molar-refractivity contribution in [3.8, 4) is 0 Å². The normalized spacial score (nSPS) is 21.5. The monoisotopic (exact) mass is 451 g/mol. The molecule has 1 aliphatic carbocycles. The summed E-state index contributed by atoms with van der Waals surface area (Å²) in [5.74, 6) is -0.800. The van der Waals surface area contributed by atoms with E-state index in [4.69, 9.17) is 0 Å². The minimum Gasteiger partial charge on any atom is -0.351 e. The third-order valence-electron chi connectivity index (χ3n) is 7.00. The van der Waals surface area contributed by atoms with Gasteiger partial charge in [-0.1, -0.05) is 43.2 Å². The van der Waals surface area contributed by atoms with Gasteiger partial charge in [-0.05, 0) is 45.1 Å². The molecule has 1 saturated carbocycles. The van der Waals surface area contributed by atoms with Crippen LogP contribution in [0.5, 0.6) is 0 Å². The first-order valence-corrected chi connectivity index (χ1v) is 11.8. The predicted molar refractivity (Wildman–Crippen MR) is 125 cm³/mol. The zero-order valence-electron chi connectivity index (χ0n) is 19.6. The number of amides is 3. The molecule has 8 nitrogen and oxygen atoms in total. The highest BCUT2D eigenvalue weighted by molar-refractivity contribution is 6.01. The topological polar surface area (TPSA) is 96.3 Å². The number of aromatic nitrogens is 2. The molecule has 1 aromatic heterocycles. The first-order chi connectivity index (χ1) is 15.8. The SMILES string of the molecule is C[C@@H](CCc1ccccc1)NC(=O)c1cc2n(n1)C[C@@](C)(C(=O)NC1CCCC1)N(C)C2=O. The van der Waals surface area contributed by atoms with Gasteiger partial charge >= 0.3 is 0 Å². The number of carbonyl (C=O) groups excluding carboxylic acids is 3. The molecule has 0 spiro atoms. The summed E-state index contributed by atoms with van der Waals surface area (Å²) in [6, 6.07) is 11.8. The van der Waals surface area contributed by atoms with E-state index in [1.54, 1.807) is 14.0 Å². The third kappa shape index (κ3) is 4.79. The summed E-state index contributed by atoms with van der Waals surface area (Å²) in [6.45, 7) is 3.92. The van der Waals surface area contributed by atoms with Gasteiger partial charge in [0.25, 0.3) is 11.8 Å². The number of hydrogen-bond donors (Lipinski definition) is 2. The van der Waals surface area contributed by atoms with Gasteiger partial charge < -0.3 is 15.5 Å². The van der Waals surface area contributed by atoms with Crippen molar-refractivity contribution in [1.29, 1.82) is 0 Å². The second-order valence-corrected chi connectivity index (χ2v) is 9.56. The molecule has 4 rings (SSSR count). The molecule has 2 atom stereocenters. The van der Waals surface area contributed by atoms with Crippen LogP contribution in [0.3, 0.4) is 0 Å². The van der Waals surface area contributed by atoms with Gasteiger partial charge in [-0.25, -0.2) is 0 Å². The number of nitrogens with one attached hydrogen (secondary N) is 2. The zero-order valence-corrected chi connectivity index (χ0v) is 19.6. The first-order valence-electron chi connectivity index (χ1n) is 11.8. The van der Waals surface area contributed by atoms with Crippen LogP contribution in [0.1, 0.15) is 72.5 Å². The van der Waals surface area contributed by atoms with Crippen LogP contribution < -0.4 is 10.6 Å². The van der Waals surface area contributed by atoms with E-state index in [2.05, 4.69) is 27.9 Å². The van der Waals surface area contributed by atoms with Crippen LogP contribution in [-0.4, -0.2) is 57.1 Å². The summed E-state index contributed by atoms with van der Waals surface area (Å²) in [6.07, 6.45) is 5.83. The average Bonchev–Trinajstić information content (AvgIpc) is 3.47. The van der Waals surface area contributed by atoms with Gasteiger partial charge in [0.2, 0.25) is 5.91 Å². The van der Waals surface area contributed by atoms with E-state index in [0.29, 0.717) is 5.69 Å². The molecule has 2 aliphatic rings. The van der Waals surface area contributed by atoms with Gasteiger partial charge in [0.1, 0.15) is 11.2 Å². The molecule has 0 bridgehead atoms. The summed E-state index contributed by atoms with van der Waals surface area (Å²) in [7, 11) is 1.64. The van der Waals surface area contributed by atoms with Gasteiger partial charge in [0.05, 0.1) is 6.54 Å². The Kier molecular flexibility index (Phi) is 6.54. The second-order valence-electron chi connectivity index (χ2n) is 9.56. The van der Waals surface area contributed by atoms with E-state index in [9.17, 15) is 14.4 Å². The summed E-state index contributed by atoms with van der Waals surface area (Å²) in [5.41, 5.74) is 0.680. The number of fused-ring (bicyclic) bond motifs is 1. The van der Waals surface area contributed by atoms with Crippen molar-refractivity contribution in [2.75, 3.05) is 7.05 Å². The number of nitrogens with zero attached hydrogens (tertiary/aromatic N) is 3. The predicted octanol–water partition coefficient (Wildman–Crippen LogP) is 2.54. The summed E-state index contributed by atoms with van der Waals surface area (Å²) < 4.78 is 1.50. The lowest BCUT2D eigenvalue weighted by atomic mass is 9.95. The van der Waals surface area contributed by atoms with E-state index < -0.39 is 5.54 Å². The van der Waals surface area contributed by atoms with Gasteiger partial charge in [0.15, 0.2) is 5.69 Å². The maximum absolute atomic E-state index is 13.1. The Labute approximate surface area is 194 Å². The van der Waals surface area contributed by atoms with E-state index in [1.807, 2.05) is 25.1 Å². The van der Waals surface area contributed by atoms with Crippen LogP contribution in [0.25, 0.3) is 0 Å². The highest BCUT2D eigenvalue weighted by Gasteiger charge is 2.46. The highest BCUT2D eigenvalue weighted by atomic mass is 16.2. The minimum absolute atomic E-state index is 0.0442. The summed E-state index contributed by atoms with van der Waals surface area (Å²) >= 11 is 0. The van der Waals surface area contributed by atoms with Crippen molar-refractivity contribution in [3.63, 3.8) is 0 Å². The molecule has 2 heterocycles. The Balaban J connectivity index is 1.42. The van der Waals surface area contributed by atoms with Crippen LogP contribution >= 0.6 is 0 Å². The number of likely N-dealkylation sites (N-methyl/N-ethyl adjacent to an activating group) is 1. The summed E-state index contributed by atoms with van der Waals surface area (Å²) in [5, 5.41) is 10.5. The standard InChI is InChI=1S/C25H33N5O3/c1-17(13-14-18-9-5-4-6-10-18)26-22(31)20-15-21-23(32)29(3)25(2,16-30(21)28-20)24(33)27-19-11-7-8-12-19/h4-6,9-10,15,17,19H,7-8,11-14,16H2,1-3H3,(H,26,31)(H,27,33)/t17-,25-/m0/s1. The van der Waals surface area contributed by atoms with Crippen molar-refractivity contribution < 1.29 is 14.4 Å². The van der Waals surface area contributed by atoms with Crippen LogP contribution in [0.15, 0.2) is 36.4 Å². The minimum atomic E-state index is -1.06. The number of rotatable bonds is 7. The molecule has 8 heteroatoms. The fourth-order valence-corrected chi connectivity index (χ4v) is 4.65. The van der Waals surface area contributed by atoms with Crippen LogP contribution in [-0.2, 0) is 17.8 Å². The molecule has 2 N–H and O–H groups in total.